The van der Waals surface area contributed by atoms with Crippen molar-refractivity contribution in [3.8, 4) is 0 Å². The zero-order valence-corrected chi connectivity index (χ0v) is 17.7. The van der Waals surface area contributed by atoms with E-state index in [1.165, 1.54) is 12.1 Å². The highest BCUT2D eigenvalue weighted by molar-refractivity contribution is 9.10. The van der Waals surface area contributed by atoms with Crippen LogP contribution in [0.4, 0.5) is 13.2 Å². The Balaban J connectivity index is 1.87. The topological polar surface area (TPSA) is 53.4 Å². The van der Waals surface area contributed by atoms with E-state index < -0.39 is 27.3 Å². The maximum absolute atomic E-state index is 13.2. The third-order valence-corrected chi connectivity index (χ3v) is 7.09. The van der Waals surface area contributed by atoms with E-state index in [9.17, 15) is 17.4 Å². The Morgan fingerprint density at radius 3 is 2.86 bits per heavy atom. The summed E-state index contributed by atoms with van der Waals surface area (Å²) in [5, 5.41) is 4.29. The van der Waals surface area contributed by atoms with Crippen molar-refractivity contribution in [3.05, 3.63) is 46.2 Å². The molecular formula is C18H20BrF3N2O3S. The summed E-state index contributed by atoms with van der Waals surface area (Å²) in [5.41, 5.74) is -0.0339. The molecule has 1 aliphatic heterocycles. The second-order valence-electron chi connectivity index (χ2n) is 6.87. The van der Waals surface area contributed by atoms with Gasteiger partial charge in [0.05, 0.1) is 26.8 Å². The van der Waals surface area contributed by atoms with Crippen molar-refractivity contribution >= 4 is 26.7 Å². The summed E-state index contributed by atoms with van der Waals surface area (Å²) in [6.07, 6.45) is -4.00. The monoisotopic (exact) mass is 480 g/mol. The van der Waals surface area contributed by atoms with Gasteiger partial charge < -0.3 is 9.47 Å². The summed E-state index contributed by atoms with van der Waals surface area (Å²) < 4.78 is 64.9. The number of ether oxygens (including phenoxy) is 2. The molecule has 3 unspecified atom stereocenters. The molecule has 0 aliphatic carbocycles. The number of alkyl halides is 3. The average molecular weight is 481 g/mol. The smallest absolute Gasteiger partial charge is 0.372 e. The maximum Gasteiger partial charge on any atom is 0.416 e. The quantitative estimate of drug-likeness (QED) is 0.622. The molecule has 0 spiro atoms. The van der Waals surface area contributed by atoms with Crippen LogP contribution in [0.2, 0.25) is 0 Å². The fraction of sp³-hybridized carbons (Fsp3) is 0.500. The molecule has 10 heteroatoms. The number of rotatable bonds is 5. The molecule has 1 aromatic heterocycles. The molecule has 5 nitrogen and oxygen atoms in total. The van der Waals surface area contributed by atoms with Gasteiger partial charge in [-0.3, -0.25) is 4.21 Å². The maximum atomic E-state index is 13.2. The highest BCUT2D eigenvalue weighted by Crippen LogP contribution is 2.41. The van der Waals surface area contributed by atoms with Crippen molar-refractivity contribution in [2.75, 3.05) is 13.7 Å². The van der Waals surface area contributed by atoms with E-state index in [4.69, 9.17) is 9.47 Å². The van der Waals surface area contributed by atoms with Gasteiger partial charge in [-0.25, -0.2) is 4.68 Å². The third-order valence-electron chi connectivity index (χ3n) is 4.75. The molecule has 28 heavy (non-hydrogen) atoms. The summed E-state index contributed by atoms with van der Waals surface area (Å²) in [5.74, 6) is 0. The van der Waals surface area contributed by atoms with E-state index in [-0.39, 0.29) is 17.7 Å². The molecule has 1 saturated heterocycles. The van der Waals surface area contributed by atoms with Crippen LogP contribution < -0.4 is 0 Å². The average Bonchev–Trinajstić information content (AvgIpc) is 3.01. The van der Waals surface area contributed by atoms with Gasteiger partial charge in [-0.2, -0.15) is 18.3 Å². The first-order valence-electron chi connectivity index (χ1n) is 8.57. The van der Waals surface area contributed by atoms with Gasteiger partial charge in [-0.1, -0.05) is 6.07 Å². The first-order valence-corrected chi connectivity index (χ1v) is 10.5. The van der Waals surface area contributed by atoms with Crippen molar-refractivity contribution < 1.29 is 26.9 Å². The summed E-state index contributed by atoms with van der Waals surface area (Å²) in [6, 6.07) is 6.53. The van der Waals surface area contributed by atoms with Crippen LogP contribution in [-0.2, 0) is 33.2 Å². The standard InChI is InChI=1S/C18H20BrF3N2O3S/c1-17(28(25)13-5-3-4-12(8-13)18(20,21)22)6-7-27-15(10-17)14-9-16(19)23-24(14)11-26-2/h3-5,8-9,15H,6-7,10-11H2,1-2H3. The van der Waals surface area contributed by atoms with Gasteiger partial charge >= 0.3 is 6.18 Å². The number of nitrogens with zero attached hydrogens (tertiary/aromatic N) is 2. The lowest BCUT2D eigenvalue weighted by atomic mass is 9.95. The van der Waals surface area contributed by atoms with Gasteiger partial charge in [0.15, 0.2) is 0 Å². The number of benzene rings is 1. The zero-order valence-electron chi connectivity index (χ0n) is 15.3. The lowest BCUT2D eigenvalue weighted by Crippen LogP contribution is -2.39. The Morgan fingerprint density at radius 1 is 1.43 bits per heavy atom. The Kier molecular flexibility index (Phi) is 6.33. The van der Waals surface area contributed by atoms with Gasteiger partial charge in [0.25, 0.3) is 0 Å². The molecule has 1 aliphatic rings. The van der Waals surface area contributed by atoms with E-state index in [2.05, 4.69) is 21.0 Å². The molecule has 0 bridgehead atoms. The molecule has 0 saturated carbocycles. The van der Waals surface area contributed by atoms with E-state index in [0.29, 0.717) is 24.1 Å². The molecule has 2 aromatic rings. The molecular weight excluding hydrogens is 461 g/mol. The second-order valence-corrected chi connectivity index (χ2v) is 9.67. The summed E-state index contributed by atoms with van der Waals surface area (Å²) in [4.78, 5) is 0.171. The van der Waals surface area contributed by atoms with Crippen molar-refractivity contribution in [1.82, 2.24) is 9.78 Å². The predicted molar refractivity (Wildman–Crippen MR) is 101 cm³/mol. The molecule has 0 radical (unpaired) electrons. The SMILES string of the molecule is COCn1nc(Br)cc1C1CC(C)(S(=O)c2cccc(C(F)(F)F)c2)CCO1. The number of hydrogen-bond acceptors (Lipinski definition) is 4. The molecule has 0 N–H and O–H groups in total. The minimum absolute atomic E-state index is 0.171. The molecule has 0 amide bonds. The summed E-state index contributed by atoms with van der Waals surface area (Å²) in [7, 11) is -0.0817. The molecule has 3 rings (SSSR count). The summed E-state index contributed by atoms with van der Waals surface area (Å²) in [6.45, 7) is 2.40. The van der Waals surface area contributed by atoms with Crippen LogP contribution >= 0.6 is 15.9 Å². The van der Waals surface area contributed by atoms with Crippen LogP contribution in [0.5, 0.6) is 0 Å². The second kappa shape index (κ2) is 8.25. The molecule has 154 valence electrons. The molecule has 1 aromatic carbocycles. The predicted octanol–water partition coefficient (Wildman–Crippen LogP) is 4.69. The van der Waals surface area contributed by atoms with Gasteiger partial charge in [0, 0.05) is 18.6 Å². The molecule has 2 heterocycles. The largest absolute Gasteiger partial charge is 0.416 e. The lowest BCUT2D eigenvalue weighted by Gasteiger charge is -2.37. The van der Waals surface area contributed by atoms with Crippen LogP contribution in [0.3, 0.4) is 0 Å². The van der Waals surface area contributed by atoms with Gasteiger partial charge in [0.2, 0.25) is 0 Å². The van der Waals surface area contributed by atoms with Gasteiger partial charge in [-0.05, 0) is 60.0 Å². The van der Waals surface area contributed by atoms with E-state index in [1.807, 2.05) is 13.0 Å². The van der Waals surface area contributed by atoms with Crippen LogP contribution in [0, 0.1) is 0 Å². The van der Waals surface area contributed by atoms with Crippen LogP contribution in [0.25, 0.3) is 0 Å². The van der Waals surface area contributed by atoms with Crippen molar-refractivity contribution in [2.45, 2.75) is 48.4 Å². The number of halogens is 4. The number of hydrogen-bond donors (Lipinski definition) is 0. The number of methoxy groups -OCH3 is 1. The Hall–Kier alpha value is -1.23. The van der Waals surface area contributed by atoms with Gasteiger partial charge in [-0.15, -0.1) is 0 Å². The minimum Gasteiger partial charge on any atom is -0.372 e. The highest BCUT2D eigenvalue weighted by Gasteiger charge is 2.41. The minimum atomic E-state index is -4.47. The first kappa shape index (κ1) is 21.5. The Labute approximate surface area is 171 Å². The number of aromatic nitrogens is 2. The first-order chi connectivity index (χ1) is 13.1. The lowest BCUT2D eigenvalue weighted by molar-refractivity contribution is -0.137. The van der Waals surface area contributed by atoms with Gasteiger partial charge in [0.1, 0.15) is 17.4 Å². The van der Waals surface area contributed by atoms with Crippen LogP contribution in [-0.4, -0.2) is 32.5 Å². The van der Waals surface area contributed by atoms with Crippen LogP contribution in [0.15, 0.2) is 39.8 Å². The fourth-order valence-corrected chi connectivity index (χ4v) is 5.29. The Morgan fingerprint density at radius 2 is 2.18 bits per heavy atom. The van der Waals surface area contributed by atoms with E-state index in [0.717, 1.165) is 17.8 Å². The van der Waals surface area contributed by atoms with Crippen molar-refractivity contribution in [2.24, 2.45) is 0 Å². The Bertz CT molecular complexity index is 874. The van der Waals surface area contributed by atoms with Crippen molar-refractivity contribution in [1.29, 1.82) is 0 Å². The van der Waals surface area contributed by atoms with Crippen molar-refractivity contribution in [3.63, 3.8) is 0 Å². The zero-order chi connectivity index (χ0) is 20.5. The van der Waals surface area contributed by atoms with Crippen LogP contribution in [0.1, 0.15) is 37.1 Å². The van der Waals surface area contributed by atoms with E-state index in [1.54, 1.807) is 11.8 Å². The summed E-state index contributed by atoms with van der Waals surface area (Å²) >= 11 is 3.33. The normalized spacial score (nSPS) is 24.3. The highest BCUT2D eigenvalue weighted by atomic mass is 79.9. The molecule has 1 fully saturated rings. The van der Waals surface area contributed by atoms with E-state index >= 15 is 0 Å². The third kappa shape index (κ3) is 4.50. The molecule has 3 atom stereocenters. The fourth-order valence-electron chi connectivity index (χ4n) is 3.28.